The molecule has 0 unspecified atom stereocenters. The second-order valence-electron chi connectivity index (χ2n) is 6.94. The molecule has 0 aliphatic rings. The zero-order valence-corrected chi connectivity index (χ0v) is 18.3. The first kappa shape index (κ1) is 22.8. The molecule has 2 amide bonds. The van der Waals surface area contributed by atoms with Gasteiger partial charge in [-0.3, -0.25) is 9.59 Å². The highest BCUT2D eigenvalue weighted by Crippen LogP contribution is 2.31. The molecule has 1 N–H and O–H groups in total. The van der Waals surface area contributed by atoms with Gasteiger partial charge in [0.15, 0.2) is 0 Å². The quantitative estimate of drug-likeness (QED) is 0.548. The summed E-state index contributed by atoms with van der Waals surface area (Å²) in [5.74, 6) is 0.439. The SMILES string of the molecule is COCC(=O)N(Cc1ccccc1)c1ccccc1C(=O)Nc1cc(OC)ccc1OC. The lowest BCUT2D eigenvalue weighted by Gasteiger charge is -2.25. The van der Waals surface area contributed by atoms with E-state index in [0.717, 1.165) is 5.56 Å². The van der Waals surface area contributed by atoms with Crippen LogP contribution in [0.3, 0.4) is 0 Å². The number of rotatable bonds is 9. The molecule has 0 bridgehead atoms. The largest absolute Gasteiger partial charge is 0.497 e. The van der Waals surface area contributed by atoms with Crippen molar-refractivity contribution >= 4 is 23.2 Å². The minimum Gasteiger partial charge on any atom is -0.497 e. The van der Waals surface area contributed by atoms with Crippen LogP contribution in [0.2, 0.25) is 0 Å². The summed E-state index contributed by atoms with van der Waals surface area (Å²) < 4.78 is 15.7. The molecule has 0 spiro atoms. The number of para-hydroxylation sites is 1. The number of anilines is 2. The number of hydrogen-bond donors (Lipinski definition) is 1. The molecule has 0 aliphatic heterocycles. The van der Waals surface area contributed by atoms with Gasteiger partial charge >= 0.3 is 0 Å². The number of benzene rings is 3. The number of amides is 2. The summed E-state index contributed by atoms with van der Waals surface area (Å²) in [6.07, 6.45) is 0. The van der Waals surface area contributed by atoms with Crippen LogP contribution in [0, 0.1) is 0 Å². The molecule has 0 fully saturated rings. The fourth-order valence-electron chi connectivity index (χ4n) is 3.28. The molecule has 3 aromatic rings. The number of carbonyl (C=O) groups is 2. The van der Waals surface area contributed by atoms with Crippen molar-refractivity contribution < 1.29 is 23.8 Å². The van der Waals surface area contributed by atoms with Crippen LogP contribution in [-0.2, 0) is 16.1 Å². The molecule has 0 radical (unpaired) electrons. The monoisotopic (exact) mass is 434 g/mol. The Kier molecular flexibility index (Phi) is 7.83. The molecule has 32 heavy (non-hydrogen) atoms. The van der Waals surface area contributed by atoms with E-state index < -0.39 is 0 Å². The van der Waals surface area contributed by atoms with E-state index in [-0.39, 0.29) is 18.4 Å². The first-order valence-electron chi connectivity index (χ1n) is 10.0. The molecule has 0 atom stereocenters. The first-order chi connectivity index (χ1) is 15.6. The van der Waals surface area contributed by atoms with Gasteiger partial charge in [-0.25, -0.2) is 0 Å². The fraction of sp³-hybridized carbons (Fsp3) is 0.200. The van der Waals surface area contributed by atoms with Crippen molar-refractivity contribution in [1.29, 1.82) is 0 Å². The molecule has 3 aromatic carbocycles. The van der Waals surface area contributed by atoms with Gasteiger partial charge in [-0.2, -0.15) is 0 Å². The normalized spacial score (nSPS) is 10.3. The summed E-state index contributed by atoms with van der Waals surface area (Å²) in [6, 6.07) is 21.7. The van der Waals surface area contributed by atoms with Crippen LogP contribution < -0.4 is 19.7 Å². The standard InChI is InChI=1S/C25H26N2O5/c1-30-17-24(28)27(16-18-9-5-4-6-10-18)22-12-8-7-11-20(22)25(29)26-21-15-19(31-2)13-14-23(21)32-3/h4-15H,16-17H2,1-3H3,(H,26,29). The summed E-state index contributed by atoms with van der Waals surface area (Å²) in [7, 11) is 4.54. The van der Waals surface area contributed by atoms with Gasteiger partial charge in [0.25, 0.3) is 11.8 Å². The molecule has 7 nitrogen and oxygen atoms in total. The van der Waals surface area contributed by atoms with Crippen molar-refractivity contribution in [3.8, 4) is 11.5 Å². The van der Waals surface area contributed by atoms with Gasteiger partial charge in [-0.1, -0.05) is 42.5 Å². The molecule has 7 heteroatoms. The van der Waals surface area contributed by atoms with E-state index in [1.165, 1.54) is 14.2 Å². The lowest BCUT2D eigenvalue weighted by atomic mass is 10.1. The maximum absolute atomic E-state index is 13.3. The molecule has 0 saturated heterocycles. The van der Waals surface area contributed by atoms with Crippen LogP contribution >= 0.6 is 0 Å². The van der Waals surface area contributed by atoms with Gasteiger partial charge in [-0.05, 0) is 29.8 Å². The number of carbonyl (C=O) groups excluding carboxylic acids is 2. The first-order valence-corrected chi connectivity index (χ1v) is 10.0. The van der Waals surface area contributed by atoms with Crippen molar-refractivity contribution in [3.05, 3.63) is 83.9 Å². The fourth-order valence-corrected chi connectivity index (χ4v) is 3.28. The van der Waals surface area contributed by atoms with Gasteiger partial charge in [0.1, 0.15) is 18.1 Å². The van der Waals surface area contributed by atoms with Crippen LogP contribution in [0.1, 0.15) is 15.9 Å². The zero-order valence-electron chi connectivity index (χ0n) is 18.3. The van der Waals surface area contributed by atoms with Crippen LogP contribution in [0.25, 0.3) is 0 Å². The highest BCUT2D eigenvalue weighted by Gasteiger charge is 2.22. The Morgan fingerprint density at radius 3 is 2.28 bits per heavy atom. The van der Waals surface area contributed by atoms with E-state index >= 15 is 0 Å². The molecule has 0 aromatic heterocycles. The minimum atomic E-state index is -0.379. The number of methoxy groups -OCH3 is 3. The third-order valence-electron chi connectivity index (χ3n) is 4.85. The lowest BCUT2D eigenvalue weighted by molar-refractivity contribution is -0.122. The predicted molar refractivity (Wildman–Crippen MR) is 123 cm³/mol. The van der Waals surface area contributed by atoms with Crippen molar-refractivity contribution in [1.82, 2.24) is 0 Å². The Morgan fingerprint density at radius 1 is 0.875 bits per heavy atom. The maximum atomic E-state index is 13.3. The van der Waals surface area contributed by atoms with Crippen LogP contribution in [0.15, 0.2) is 72.8 Å². The summed E-state index contributed by atoms with van der Waals surface area (Å²) in [4.78, 5) is 27.7. The molecule has 0 heterocycles. The van der Waals surface area contributed by atoms with Gasteiger partial charge in [0, 0.05) is 13.2 Å². The van der Waals surface area contributed by atoms with Crippen molar-refractivity contribution in [2.75, 3.05) is 38.2 Å². The molecule has 166 valence electrons. The van der Waals surface area contributed by atoms with Gasteiger partial charge < -0.3 is 24.4 Å². The Balaban J connectivity index is 1.96. The smallest absolute Gasteiger partial charge is 0.257 e. The number of nitrogens with zero attached hydrogens (tertiary/aromatic N) is 1. The summed E-state index contributed by atoms with van der Waals surface area (Å²) >= 11 is 0. The van der Waals surface area contributed by atoms with Gasteiger partial charge in [0.2, 0.25) is 0 Å². The maximum Gasteiger partial charge on any atom is 0.257 e. The summed E-state index contributed by atoms with van der Waals surface area (Å²) in [5, 5.41) is 2.87. The summed E-state index contributed by atoms with van der Waals surface area (Å²) in [6.45, 7) is 0.197. The van der Waals surface area contributed by atoms with E-state index in [0.29, 0.717) is 35.0 Å². The van der Waals surface area contributed by atoms with Crippen LogP contribution in [-0.4, -0.2) is 39.8 Å². The molecule has 0 saturated carbocycles. The van der Waals surface area contributed by atoms with E-state index in [1.54, 1.807) is 54.5 Å². The van der Waals surface area contributed by atoms with Crippen LogP contribution in [0.5, 0.6) is 11.5 Å². The van der Waals surface area contributed by atoms with Crippen molar-refractivity contribution in [2.45, 2.75) is 6.54 Å². The van der Waals surface area contributed by atoms with Gasteiger partial charge in [0.05, 0.1) is 37.7 Å². The Morgan fingerprint density at radius 2 is 1.59 bits per heavy atom. The topological polar surface area (TPSA) is 77.1 Å². The second kappa shape index (κ2) is 11.0. The van der Waals surface area contributed by atoms with E-state index in [2.05, 4.69) is 5.32 Å². The third kappa shape index (κ3) is 5.44. The Bertz CT molecular complexity index is 1070. The number of nitrogens with one attached hydrogen (secondary N) is 1. The Hall–Kier alpha value is -3.84. The van der Waals surface area contributed by atoms with E-state index in [9.17, 15) is 9.59 Å². The number of ether oxygens (including phenoxy) is 3. The zero-order chi connectivity index (χ0) is 22.9. The van der Waals surface area contributed by atoms with Crippen LogP contribution in [0.4, 0.5) is 11.4 Å². The van der Waals surface area contributed by atoms with Crippen molar-refractivity contribution in [3.63, 3.8) is 0 Å². The second-order valence-corrected chi connectivity index (χ2v) is 6.94. The van der Waals surface area contributed by atoms with E-state index in [1.807, 2.05) is 30.3 Å². The summed E-state index contributed by atoms with van der Waals surface area (Å²) in [5.41, 5.74) is 2.22. The molecular formula is C25H26N2O5. The average molecular weight is 434 g/mol. The molecular weight excluding hydrogens is 408 g/mol. The van der Waals surface area contributed by atoms with Gasteiger partial charge in [-0.15, -0.1) is 0 Å². The lowest BCUT2D eigenvalue weighted by Crippen LogP contribution is -2.35. The number of hydrogen-bond acceptors (Lipinski definition) is 5. The molecule has 3 rings (SSSR count). The third-order valence-corrected chi connectivity index (χ3v) is 4.85. The van der Waals surface area contributed by atoms with Crippen molar-refractivity contribution in [2.24, 2.45) is 0 Å². The minimum absolute atomic E-state index is 0.105. The predicted octanol–water partition coefficient (Wildman–Crippen LogP) is 4.14. The average Bonchev–Trinajstić information content (AvgIpc) is 2.83. The highest BCUT2D eigenvalue weighted by molar-refractivity contribution is 6.11. The highest BCUT2D eigenvalue weighted by atomic mass is 16.5. The molecule has 0 aliphatic carbocycles. The van der Waals surface area contributed by atoms with E-state index in [4.69, 9.17) is 14.2 Å². The Labute approximate surface area is 187 Å².